The number of carbonyl (C=O) groups is 1. The molecule has 1 atom stereocenters. The molecule has 0 aliphatic carbocycles. The summed E-state index contributed by atoms with van der Waals surface area (Å²) in [6.07, 6.45) is -0.908. The maximum atomic E-state index is 11.6. The van der Waals surface area contributed by atoms with Crippen LogP contribution in [-0.2, 0) is 9.53 Å². The smallest absolute Gasteiger partial charge is 0.309 e. The Kier molecular flexibility index (Phi) is 4.73. The Hall–Kier alpha value is -1.55. The van der Waals surface area contributed by atoms with E-state index in [4.69, 9.17) is 9.47 Å². The fourth-order valence-corrected chi connectivity index (χ4v) is 1.48. The summed E-state index contributed by atoms with van der Waals surface area (Å²) in [6.45, 7) is 5.39. The van der Waals surface area contributed by atoms with E-state index < -0.39 is 17.7 Å². The average Bonchev–Trinajstić information content (AvgIpc) is 2.26. The maximum Gasteiger partial charge on any atom is 0.309 e. The third kappa shape index (κ3) is 4.75. The molecule has 18 heavy (non-hydrogen) atoms. The van der Waals surface area contributed by atoms with E-state index in [0.29, 0.717) is 11.3 Å². The summed E-state index contributed by atoms with van der Waals surface area (Å²) in [5.41, 5.74) is 0.137. The van der Waals surface area contributed by atoms with Crippen LogP contribution in [0.4, 0.5) is 0 Å². The van der Waals surface area contributed by atoms with Crippen LogP contribution in [0.25, 0.3) is 0 Å². The first-order valence-corrected chi connectivity index (χ1v) is 5.85. The van der Waals surface area contributed by atoms with E-state index in [1.165, 1.54) is 0 Å². The lowest BCUT2D eigenvalue weighted by atomic mass is 10.1. The van der Waals surface area contributed by atoms with Gasteiger partial charge >= 0.3 is 5.97 Å². The van der Waals surface area contributed by atoms with E-state index in [1.807, 2.05) is 0 Å². The topological polar surface area (TPSA) is 55.8 Å². The minimum Gasteiger partial charge on any atom is -0.497 e. The molecule has 0 fully saturated rings. The van der Waals surface area contributed by atoms with Gasteiger partial charge in [0.05, 0.1) is 19.6 Å². The molecule has 0 spiro atoms. The standard InChI is InChI=1S/C14H20O4/c1-14(2,3)18-13(16)9-12(15)10-5-7-11(17-4)8-6-10/h5-8,12,15H,9H2,1-4H3/t12-/m1/s1. The van der Waals surface area contributed by atoms with Crippen molar-refractivity contribution in [3.8, 4) is 5.75 Å². The second kappa shape index (κ2) is 5.87. The van der Waals surface area contributed by atoms with Crippen LogP contribution in [0.2, 0.25) is 0 Å². The number of aliphatic hydroxyl groups excluding tert-OH is 1. The van der Waals surface area contributed by atoms with Crippen molar-refractivity contribution in [2.24, 2.45) is 0 Å². The Bertz CT molecular complexity index is 389. The molecule has 1 rings (SSSR count). The number of methoxy groups -OCH3 is 1. The summed E-state index contributed by atoms with van der Waals surface area (Å²) >= 11 is 0. The average molecular weight is 252 g/mol. The third-order valence-electron chi connectivity index (χ3n) is 2.28. The van der Waals surface area contributed by atoms with Crippen LogP contribution in [0.3, 0.4) is 0 Å². The number of carbonyl (C=O) groups excluding carboxylic acids is 1. The Morgan fingerprint density at radius 1 is 1.28 bits per heavy atom. The zero-order chi connectivity index (χ0) is 13.8. The van der Waals surface area contributed by atoms with Gasteiger partial charge in [0, 0.05) is 0 Å². The van der Waals surface area contributed by atoms with Crippen LogP contribution < -0.4 is 4.74 Å². The fraction of sp³-hybridized carbons (Fsp3) is 0.500. The molecule has 0 bridgehead atoms. The molecule has 0 saturated heterocycles. The zero-order valence-corrected chi connectivity index (χ0v) is 11.3. The second-order valence-electron chi connectivity index (χ2n) is 5.08. The molecule has 0 radical (unpaired) electrons. The molecule has 0 aliphatic rings. The lowest BCUT2D eigenvalue weighted by Gasteiger charge is -2.20. The molecule has 0 aliphatic heterocycles. The van der Waals surface area contributed by atoms with Crippen LogP contribution in [-0.4, -0.2) is 23.8 Å². The Morgan fingerprint density at radius 2 is 1.83 bits per heavy atom. The van der Waals surface area contributed by atoms with E-state index in [1.54, 1.807) is 52.1 Å². The predicted molar refractivity (Wildman–Crippen MR) is 68.4 cm³/mol. The summed E-state index contributed by atoms with van der Waals surface area (Å²) in [7, 11) is 1.58. The molecule has 1 aromatic rings. The lowest BCUT2D eigenvalue weighted by molar-refractivity contribution is -0.157. The van der Waals surface area contributed by atoms with Crippen LogP contribution in [0, 0.1) is 0 Å². The van der Waals surface area contributed by atoms with Crippen molar-refractivity contribution in [3.63, 3.8) is 0 Å². The normalized spacial score (nSPS) is 12.9. The SMILES string of the molecule is COc1ccc([C@H](O)CC(=O)OC(C)(C)C)cc1. The molecule has 100 valence electrons. The Labute approximate surface area is 108 Å². The first kappa shape index (κ1) is 14.5. The Balaban J connectivity index is 2.59. The van der Waals surface area contributed by atoms with E-state index in [0.717, 1.165) is 0 Å². The minimum absolute atomic E-state index is 0.0520. The molecule has 0 unspecified atom stereocenters. The Morgan fingerprint density at radius 3 is 2.28 bits per heavy atom. The van der Waals surface area contributed by atoms with Crippen molar-refractivity contribution < 1.29 is 19.4 Å². The van der Waals surface area contributed by atoms with Gasteiger partial charge < -0.3 is 14.6 Å². The predicted octanol–water partition coefficient (Wildman–Crippen LogP) is 2.46. The van der Waals surface area contributed by atoms with Gasteiger partial charge in [-0.05, 0) is 38.5 Å². The highest BCUT2D eigenvalue weighted by Gasteiger charge is 2.20. The number of hydrogen-bond donors (Lipinski definition) is 1. The summed E-state index contributed by atoms with van der Waals surface area (Å²) in [5.74, 6) is 0.300. The van der Waals surface area contributed by atoms with Crippen LogP contribution >= 0.6 is 0 Å². The van der Waals surface area contributed by atoms with E-state index in [9.17, 15) is 9.90 Å². The minimum atomic E-state index is -0.856. The summed E-state index contributed by atoms with van der Waals surface area (Å²) in [5, 5.41) is 9.91. The van der Waals surface area contributed by atoms with Crippen LogP contribution in [0.15, 0.2) is 24.3 Å². The van der Waals surface area contributed by atoms with Crippen molar-refractivity contribution in [3.05, 3.63) is 29.8 Å². The zero-order valence-electron chi connectivity index (χ0n) is 11.3. The van der Waals surface area contributed by atoms with Crippen LogP contribution in [0.1, 0.15) is 38.9 Å². The van der Waals surface area contributed by atoms with E-state index in [2.05, 4.69) is 0 Å². The van der Waals surface area contributed by atoms with Crippen LogP contribution in [0.5, 0.6) is 5.75 Å². The fourth-order valence-electron chi connectivity index (χ4n) is 1.48. The van der Waals surface area contributed by atoms with E-state index >= 15 is 0 Å². The molecule has 0 amide bonds. The third-order valence-corrected chi connectivity index (χ3v) is 2.28. The monoisotopic (exact) mass is 252 g/mol. The summed E-state index contributed by atoms with van der Waals surface area (Å²) < 4.78 is 10.2. The number of aliphatic hydroxyl groups is 1. The van der Waals surface area contributed by atoms with E-state index in [-0.39, 0.29) is 6.42 Å². The highest BCUT2D eigenvalue weighted by atomic mass is 16.6. The first-order chi connectivity index (χ1) is 8.31. The number of esters is 1. The number of benzene rings is 1. The van der Waals surface area contributed by atoms with Crippen molar-refractivity contribution >= 4 is 5.97 Å². The van der Waals surface area contributed by atoms with Gasteiger partial charge in [-0.15, -0.1) is 0 Å². The van der Waals surface area contributed by atoms with Gasteiger partial charge in [0.2, 0.25) is 0 Å². The van der Waals surface area contributed by atoms with Gasteiger partial charge in [-0.3, -0.25) is 4.79 Å². The molecule has 0 aromatic heterocycles. The maximum absolute atomic E-state index is 11.6. The highest BCUT2D eigenvalue weighted by Crippen LogP contribution is 2.21. The summed E-state index contributed by atoms with van der Waals surface area (Å²) in [4.78, 5) is 11.6. The summed E-state index contributed by atoms with van der Waals surface area (Å²) in [6, 6.07) is 6.95. The molecule has 4 nitrogen and oxygen atoms in total. The molecular weight excluding hydrogens is 232 g/mol. The van der Waals surface area contributed by atoms with Gasteiger partial charge in [-0.25, -0.2) is 0 Å². The highest BCUT2D eigenvalue weighted by molar-refractivity contribution is 5.70. The molecular formula is C14H20O4. The lowest BCUT2D eigenvalue weighted by Crippen LogP contribution is -2.24. The van der Waals surface area contributed by atoms with Crippen molar-refractivity contribution in [1.29, 1.82) is 0 Å². The van der Waals surface area contributed by atoms with Gasteiger partial charge in [-0.2, -0.15) is 0 Å². The van der Waals surface area contributed by atoms with Gasteiger partial charge in [0.25, 0.3) is 0 Å². The number of rotatable bonds is 4. The number of hydrogen-bond acceptors (Lipinski definition) is 4. The quantitative estimate of drug-likeness (QED) is 0.836. The van der Waals surface area contributed by atoms with Gasteiger partial charge in [0.1, 0.15) is 11.4 Å². The van der Waals surface area contributed by atoms with Gasteiger partial charge in [-0.1, -0.05) is 12.1 Å². The van der Waals surface area contributed by atoms with Crippen molar-refractivity contribution in [1.82, 2.24) is 0 Å². The molecule has 0 saturated carbocycles. The second-order valence-corrected chi connectivity index (χ2v) is 5.08. The largest absolute Gasteiger partial charge is 0.497 e. The van der Waals surface area contributed by atoms with Crippen molar-refractivity contribution in [2.75, 3.05) is 7.11 Å². The number of ether oxygens (including phenoxy) is 2. The van der Waals surface area contributed by atoms with Crippen molar-refractivity contribution in [2.45, 2.75) is 38.9 Å². The first-order valence-electron chi connectivity index (χ1n) is 5.85. The molecule has 4 heteroatoms. The van der Waals surface area contributed by atoms with Gasteiger partial charge in [0.15, 0.2) is 0 Å². The molecule has 1 N–H and O–H groups in total. The molecule has 1 aromatic carbocycles. The molecule has 0 heterocycles.